The second kappa shape index (κ2) is 5.11. The van der Waals surface area contributed by atoms with Gasteiger partial charge in [0.25, 0.3) is 0 Å². The molecule has 1 aliphatic rings. The van der Waals surface area contributed by atoms with Crippen molar-refractivity contribution in [3.05, 3.63) is 29.8 Å². The lowest BCUT2D eigenvalue weighted by Crippen LogP contribution is -2.29. The molecular formula is C15H21NO2. The van der Waals surface area contributed by atoms with Gasteiger partial charge in [0.05, 0.1) is 19.2 Å². The Labute approximate surface area is 109 Å². The second-order valence-corrected chi connectivity index (χ2v) is 5.75. The third-order valence-corrected chi connectivity index (χ3v) is 3.53. The lowest BCUT2D eigenvalue weighted by atomic mass is 9.93. The van der Waals surface area contributed by atoms with Crippen molar-refractivity contribution in [3.8, 4) is 5.75 Å². The number of Topliss-reactive ketones (excluding diaryl/α,β-unsaturated/α-hetero) is 1. The number of likely N-dealkylation sites (tertiary alicyclic amines) is 1. The summed E-state index contributed by atoms with van der Waals surface area (Å²) in [7, 11) is 1.60. The van der Waals surface area contributed by atoms with Crippen molar-refractivity contribution < 1.29 is 9.53 Å². The highest BCUT2D eigenvalue weighted by Gasteiger charge is 2.30. The number of carbonyl (C=O) groups excluding carboxylic acids is 1. The standard InChI is InChI=1S/C15H21NO2/c1-15(2)8-9-16(11-15)10-13(17)12-6-4-5-7-14(12)18-3/h4-7H,8-11H2,1-3H3. The van der Waals surface area contributed by atoms with Gasteiger partial charge < -0.3 is 4.74 Å². The van der Waals surface area contributed by atoms with E-state index in [4.69, 9.17) is 4.74 Å². The fourth-order valence-electron chi connectivity index (χ4n) is 2.52. The third kappa shape index (κ3) is 2.91. The minimum atomic E-state index is 0.144. The highest BCUT2D eigenvalue weighted by atomic mass is 16.5. The molecule has 0 N–H and O–H groups in total. The molecule has 1 aliphatic heterocycles. The topological polar surface area (TPSA) is 29.5 Å². The van der Waals surface area contributed by atoms with Crippen molar-refractivity contribution in [2.45, 2.75) is 20.3 Å². The van der Waals surface area contributed by atoms with E-state index in [1.807, 2.05) is 24.3 Å². The van der Waals surface area contributed by atoms with E-state index in [1.165, 1.54) is 0 Å². The summed E-state index contributed by atoms with van der Waals surface area (Å²) in [6, 6.07) is 7.43. The SMILES string of the molecule is COc1ccccc1C(=O)CN1CCC(C)(C)C1. The molecule has 2 rings (SSSR count). The fraction of sp³-hybridized carbons (Fsp3) is 0.533. The Morgan fingerprint density at radius 2 is 2.11 bits per heavy atom. The van der Waals surface area contributed by atoms with Crippen LogP contribution in [0.25, 0.3) is 0 Å². The first-order chi connectivity index (χ1) is 8.52. The van der Waals surface area contributed by atoms with Crippen LogP contribution >= 0.6 is 0 Å². The maximum Gasteiger partial charge on any atom is 0.180 e. The van der Waals surface area contributed by atoms with E-state index >= 15 is 0 Å². The summed E-state index contributed by atoms with van der Waals surface area (Å²) in [6.45, 7) is 6.99. The van der Waals surface area contributed by atoms with Crippen LogP contribution in [0.3, 0.4) is 0 Å². The van der Waals surface area contributed by atoms with E-state index in [-0.39, 0.29) is 5.78 Å². The van der Waals surface area contributed by atoms with Gasteiger partial charge in [-0.15, -0.1) is 0 Å². The molecule has 1 aromatic rings. The Bertz CT molecular complexity index is 440. The molecule has 98 valence electrons. The minimum absolute atomic E-state index is 0.144. The van der Waals surface area contributed by atoms with Crippen LogP contribution in [0.4, 0.5) is 0 Å². The second-order valence-electron chi connectivity index (χ2n) is 5.75. The Kier molecular flexibility index (Phi) is 3.71. The first-order valence-electron chi connectivity index (χ1n) is 6.40. The van der Waals surface area contributed by atoms with Crippen molar-refractivity contribution in [2.24, 2.45) is 5.41 Å². The van der Waals surface area contributed by atoms with Crippen LogP contribution in [0.15, 0.2) is 24.3 Å². The molecule has 18 heavy (non-hydrogen) atoms. The van der Waals surface area contributed by atoms with Crippen LogP contribution in [0.5, 0.6) is 5.75 Å². The average molecular weight is 247 g/mol. The van der Waals surface area contributed by atoms with Crippen LogP contribution in [0, 0.1) is 5.41 Å². The zero-order chi connectivity index (χ0) is 13.2. The van der Waals surface area contributed by atoms with E-state index in [1.54, 1.807) is 7.11 Å². The first-order valence-corrected chi connectivity index (χ1v) is 6.40. The maximum absolute atomic E-state index is 12.3. The number of rotatable bonds is 4. The lowest BCUT2D eigenvalue weighted by molar-refractivity contribution is 0.0937. The van der Waals surface area contributed by atoms with E-state index in [0.717, 1.165) is 19.5 Å². The number of carbonyl (C=O) groups is 1. The van der Waals surface area contributed by atoms with Gasteiger partial charge in [0, 0.05) is 6.54 Å². The molecule has 0 bridgehead atoms. The molecular weight excluding hydrogens is 226 g/mol. The number of benzene rings is 1. The minimum Gasteiger partial charge on any atom is -0.496 e. The van der Waals surface area contributed by atoms with Gasteiger partial charge in [0.1, 0.15) is 5.75 Å². The predicted molar refractivity (Wildman–Crippen MR) is 72.2 cm³/mol. The first kappa shape index (κ1) is 13.1. The van der Waals surface area contributed by atoms with Crippen LogP contribution in [0.1, 0.15) is 30.6 Å². The van der Waals surface area contributed by atoms with Crippen molar-refractivity contribution >= 4 is 5.78 Å². The largest absolute Gasteiger partial charge is 0.496 e. The molecule has 0 spiro atoms. The highest BCUT2D eigenvalue weighted by Crippen LogP contribution is 2.29. The molecule has 1 fully saturated rings. The Hall–Kier alpha value is -1.35. The van der Waals surface area contributed by atoms with Gasteiger partial charge in [-0.2, -0.15) is 0 Å². The zero-order valence-corrected chi connectivity index (χ0v) is 11.4. The number of ether oxygens (including phenoxy) is 1. The monoisotopic (exact) mass is 247 g/mol. The molecule has 1 aromatic carbocycles. The molecule has 0 radical (unpaired) electrons. The fourth-order valence-corrected chi connectivity index (χ4v) is 2.52. The smallest absolute Gasteiger partial charge is 0.180 e. The summed E-state index contributed by atoms with van der Waals surface area (Å²) in [5.74, 6) is 0.811. The Balaban J connectivity index is 2.04. The quantitative estimate of drug-likeness (QED) is 0.766. The Morgan fingerprint density at radius 1 is 1.39 bits per heavy atom. The molecule has 3 heteroatoms. The van der Waals surface area contributed by atoms with Crippen LogP contribution in [-0.4, -0.2) is 37.4 Å². The van der Waals surface area contributed by atoms with Crippen LogP contribution < -0.4 is 4.74 Å². The maximum atomic E-state index is 12.3. The highest BCUT2D eigenvalue weighted by molar-refractivity contribution is 6.00. The van der Waals surface area contributed by atoms with E-state index in [2.05, 4.69) is 18.7 Å². The van der Waals surface area contributed by atoms with Gasteiger partial charge >= 0.3 is 0 Å². The summed E-state index contributed by atoms with van der Waals surface area (Å²) in [5, 5.41) is 0. The van der Waals surface area contributed by atoms with Gasteiger partial charge in [0.2, 0.25) is 0 Å². The number of hydrogen-bond donors (Lipinski definition) is 0. The Morgan fingerprint density at radius 3 is 2.72 bits per heavy atom. The van der Waals surface area contributed by atoms with Crippen molar-refractivity contribution in [1.29, 1.82) is 0 Å². The van der Waals surface area contributed by atoms with Crippen molar-refractivity contribution in [1.82, 2.24) is 4.90 Å². The molecule has 0 aliphatic carbocycles. The molecule has 3 nitrogen and oxygen atoms in total. The molecule has 0 unspecified atom stereocenters. The average Bonchev–Trinajstić information content (AvgIpc) is 2.68. The number of nitrogens with zero attached hydrogens (tertiary/aromatic N) is 1. The number of hydrogen-bond acceptors (Lipinski definition) is 3. The van der Waals surface area contributed by atoms with E-state index in [0.29, 0.717) is 23.3 Å². The van der Waals surface area contributed by atoms with Crippen molar-refractivity contribution in [2.75, 3.05) is 26.7 Å². The van der Waals surface area contributed by atoms with Gasteiger partial charge in [-0.3, -0.25) is 9.69 Å². The van der Waals surface area contributed by atoms with Crippen LogP contribution in [0.2, 0.25) is 0 Å². The van der Waals surface area contributed by atoms with E-state index < -0.39 is 0 Å². The molecule has 0 amide bonds. The van der Waals surface area contributed by atoms with Gasteiger partial charge in [0.15, 0.2) is 5.78 Å². The summed E-state index contributed by atoms with van der Waals surface area (Å²) >= 11 is 0. The van der Waals surface area contributed by atoms with Crippen LogP contribution in [-0.2, 0) is 0 Å². The molecule has 0 atom stereocenters. The normalized spacial score (nSPS) is 18.8. The molecule has 0 aromatic heterocycles. The molecule has 1 heterocycles. The van der Waals surface area contributed by atoms with E-state index in [9.17, 15) is 4.79 Å². The van der Waals surface area contributed by atoms with Gasteiger partial charge in [-0.05, 0) is 30.5 Å². The zero-order valence-electron chi connectivity index (χ0n) is 11.4. The summed E-state index contributed by atoms with van der Waals surface area (Å²) in [4.78, 5) is 14.5. The van der Waals surface area contributed by atoms with Gasteiger partial charge in [-0.1, -0.05) is 26.0 Å². The van der Waals surface area contributed by atoms with Gasteiger partial charge in [-0.25, -0.2) is 0 Å². The summed E-state index contributed by atoms with van der Waals surface area (Å²) in [5.41, 5.74) is 1.02. The lowest BCUT2D eigenvalue weighted by Gasteiger charge is -2.19. The summed E-state index contributed by atoms with van der Waals surface area (Å²) < 4.78 is 5.23. The number of methoxy groups -OCH3 is 1. The van der Waals surface area contributed by atoms with Crippen molar-refractivity contribution in [3.63, 3.8) is 0 Å². The number of para-hydroxylation sites is 1. The molecule has 1 saturated heterocycles. The molecule has 0 saturated carbocycles. The third-order valence-electron chi connectivity index (χ3n) is 3.53. The predicted octanol–water partition coefficient (Wildman–Crippen LogP) is 2.61. The number of ketones is 1. The summed E-state index contributed by atoms with van der Waals surface area (Å²) in [6.07, 6.45) is 1.16.